The first kappa shape index (κ1) is 25.2. The van der Waals surface area contributed by atoms with Crippen LogP contribution in [-0.4, -0.2) is 41.1 Å². The third kappa shape index (κ3) is 8.58. The van der Waals surface area contributed by atoms with Crippen molar-refractivity contribution in [3.63, 3.8) is 0 Å². The first-order chi connectivity index (χ1) is 13.4. The van der Waals surface area contributed by atoms with Crippen LogP contribution in [0.15, 0.2) is 58.4 Å². The number of halogens is 1. The topological polar surface area (TPSA) is 91.8 Å². The van der Waals surface area contributed by atoms with Crippen molar-refractivity contribution >= 4 is 40.0 Å². The van der Waals surface area contributed by atoms with Gasteiger partial charge in [-0.25, -0.2) is 18.1 Å². The van der Waals surface area contributed by atoms with Crippen LogP contribution in [0.2, 0.25) is 0 Å². The van der Waals surface area contributed by atoms with Gasteiger partial charge in [0, 0.05) is 19.6 Å². The summed E-state index contributed by atoms with van der Waals surface area (Å²) in [5, 5.41) is 6.28. The fourth-order valence-corrected chi connectivity index (χ4v) is 3.44. The zero-order valence-corrected chi connectivity index (χ0v) is 20.1. The summed E-state index contributed by atoms with van der Waals surface area (Å²) < 4.78 is 32.3. The number of rotatable bonds is 9. The molecular formula is C20H29IN4O3S. The van der Waals surface area contributed by atoms with Crippen LogP contribution in [-0.2, 0) is 16.6 Å². The number of aryl methyl sites for hydroxylation is 1. The highest BCUT2D eigenvalue weighted by Gasteiger charge is 2.12. The molecule has 7 nitrogen and oxygen atoms in total. The standard InChI is InChI=1S/C20H28N4O3S.HI/c1-4-21-20(23-15-17-7-9-18(27-3)10-8-17)22-13-14-24-28(25,26)19-11-5-16(2)6-12-19;/h5-12,24H,4,13-15H2,1-3H3,(H2,21,22,23);1H. The largest absolute Gasteiger partial charge is 0.497 e. The van der Waals surface area contributed by atoms with E-state index in [4.69, 9.17) is 4.74 Å². The Hall–Kier alpha value is -1.85. The van der Waals surface area contributed by atoms with Crippen molar-refractivity contribution in [3.05, 3.63) is 59.7 Å². The van der Waals surface area contributed by atoms with Gasteiger partial charge in [-0.15, -0.1) is 24.0 Å². The molecule has 0 bridgehead atoms. The lowest BCUT2D eigenvalue weighted by Gasteiger charge is -2.12. The maximum absolute atomic E-state index is 12.3. The Morgan fingerprint density at radius 2 is 1.66 bits per heavy atom. The van der Waals surface area contributed by atoms with E-state index >= 15 is 0 Å². The molecule has 0 atom stereocenters. The van der Waals surface area contributed by atoms with Crippen molar-refractivity contribution in [1.29, 1.82) is 0 Å². The van der Waals surface area contributed by atoms with Crippen LogP contribution in [0.25, 0.3) is 0 Å². The van der Waals surface area contributed by atoms with E-state index in [1.54, 1.807) is 31.4 Å². The zero-order chi connectivity index (χ0) is 20.4. The number of aliphatic imine (C=N–C) groups is 1. The predicted molar refractivity (Wildman–Crippen MR) is 128 cm³/mol. The van der Waals surface area contributed by atoms with Crippen molar-refractivity contribution < 1.29 is 13.2 Å². The first-order valence-corrected chi connectivity index (χ1v) is 10.6. The van der Waals surface area contributed by atoms with Gasteiger partial charge in [-0.2, -0.15) is 0 Å². The molecule has 2 aromatic rings. The minimum atomic E-state index is -3.51. The molecule has 0 spiro atoms. The number of hydrogen-bond acceptors (Lipinski definition) is 4. The van der Waals surface area contributed by atoms with Gasteiger partial charge in [0.2, 0.25) is 10.0 Å². The minimum Gasteiger partial charge on any atom is -0.497 e. The lowest BCUT2D eigenvalue weighted by molar-refractivity contribution is 0.414. The number of sulfonamides is 1. The average molecular weight is 532 g/mol. The number of methoxy groups -OCH3 is 1. The maximum atomic E-state index is 12.3. The number of nitrogens with one attached hydrogen (secondary N) is 3. The van der Waals surface area contributed by atoms with E-state index in [-0.39, 0.29) is 35.4 Å². The summed E-state index contributed by atoms with van der Waals surface area (Å²) in [5.74, 6) is 1.44. The molecule has 0 amide bonds. The Labute approximate surface area is 190 Å². The smallest absolute Gasteiger partial charge is 0.240 e. The van der Waals surface area contributed by atoms with E-state index in [9.17, 15) is 8.42 Å². The molecule has 0 heterocycles. The predicted octanol–water partition coefficient (Wildman–Crippen LogP) is 2.66. The molecular weight excluding hydrogens is 503 g/mol. The summed E-state index contributed by atoms with van der Waals surface area (Å²) in [7, 11) is -1.88. The van der Waals surface area contributed by atoms with E-state index in [0.29, 0.717) is 25.6 Å². The van der Waals surface area contributed by atoms with Gasteiger partial charge in [-0.3, -0.25) is 0 Å². The van der Waals surface area contributed by atoms with Crippen LogP contribution in [0.3, 0.4) is 0 Å². The van der Waals surface area contributed by atoms with Crippen LogP contribution in [0.5, 0.6) is 5.75 Å². The fraction of sp³-hybridized carbons (Fsp3) is 0.350. The van der Waals surface area contributed by atoms with Gasteiger partial charge in [0.1, 0.15) is 5.75 Å². The number of guanidine groups is 1. The average Bonchev–Trinajstić information content (AvgIpc) is 2.70. The summed E-state index contributed by atoms with van der Waals surface area (Å²) >= 11 is 0. The number of hydrogen-bond donors (Lipinski definition) is 3. The van der Waals surface area contributed by atoms with E-state index in [0.717, 1.165) is 16.9 Å². The Morgan fingerprint density at radius 1 is 1.00 bits per heavy atom. The van der Waals surface area contributed by atoms with Crippen molar-refractivity contribution in [3.8, 4) is 5.75 Å². The van der Waals surface area contributed by atoms with Crippen molar-refractivity contribution in [2.45, 2.75) is 25.3 Å². The zero-order valence-electron chi connectivity index (χ0n) is 16.9. The molecule has 0 fully saturated rings. The second-order valence-corrected chi connectivity index (χ2v) is 7.95. The van der Waals surface area contributed by atoms with Gasteiger partial charge >= 0.3 is 0 Å². The molecule has 0 saturated heterocycles. The Bertz CT molecular complexity index is 870. The molecule has 0 radical (unpaired) electrons. The summed E-state index contributed by atoms with van der Waals surface area (Å²) in [6, 6.07) is 14.5. The molecule has 0 saturated carbocycles. The molecule has 160 valence electrons. The number of ether oxygens (including phenoxy) is 1. The molecule has 0 aliphatic rings. The molecule has 29 heavy (non-hydrogen) atoms. The number of nitrogens with zero attached hydrogens (tertiary/aromatic N) is 1. The molecule has 9 heteroatoms. The Morgan fingerprint density at radius 3 is 2.24 bits per heavy atom. The van der Waals surface area contributed by atoms with Crippen molar-refractivity contribution in [2.24, 2.45) is 4.99 Å². The molecule has 0 aliphatic heterocycles. The summed E-state index contributed by atoms with van der Waals surface area (Å²) in [6.07, 6.45) is 0. The molecule has 0 unspecified atom stereocenters. The molecule has 0 aliphatic carbocycles. The monoisotopic (exact) mass is 532 g/mol. The third-order valence-electron chi connectivity index (χ3n) is 3.96. The maximum Gasteiger partial charge on any atom is 0.240 e. The van der Waals surface area contributed by atoms with Gasteiger partial charge in [-0.1, -0.05) is 29.8 Å². The quantitative estimate of drug-likeness (QED) is 0.200. The van der Waals surface area contributed by atoms with Crippen LogP contribution < -0.4 is 20.1 Å². The van der Waals surface area contributed by atoms with Crippen molar-refractivity contribution in [1.82, 2.24) is 15.4 Å². The van der Waals surface area contributed by atoms with Gasteiger partial charge < -0.3 is 15.4 Å². The second kappa shape index (κ2) is 12.7. The van der Waals surface area contributed by atoms with E-state index in [1.165, 1.54) is 0 Å². The molecule has 0 aromatic heterocycles. The highest BCUT2D eigenvalue weighted by atomic mass is 127. The molecule has 2 rings (SSSR count). The van der Waals surface area contributed by atoms with E-state index in [2.05, 4.69) is 20.3 Å². The van der Waals surface area contributed by atoms with Crippen LogP contribution in [0.1, 0.15) is 18.1 Å². The fourth-order valence-electron chi connectivity index (χ4n) is 2.41. The van der Waals surface area contributed by atoms with E-state index < -0.39 is 10.0 Å². The van der Waals surface area contributed by atoms with E-state index in [1.807, 2.05) is 38.1 Å². The molecule has 2 aromatic carbocycles. The van der Waals surface area contributed by atoms with Crippen molar-refractivity contribution in [2.75, 3.05) is 26.7 Å². The van der Waals surface area contributed by atoms with Gasteiger partial charge in [0.15, 0.2) is 5.96 Å². The van der Waals surface area contributed by atoms with Gasteiger partial charge in [0.25, 0.3) is 0 Å². The number of benzene rings is 2. The second-order valence-electron chi connectivity index (χ2n) is 6.18. The summed E-state index contributed by atoms with van der Waals surface area (Å²) in [6.45, 7) is 5.78. The lowest BCUT2D eigenvalue weighted by Crippen LogP contribution is -2.41. The van der Waals surface area contributed by atoms with Crippen LogP contribution >= 0.6 is 24.0 Å². The highest BCUT2D eigenvalue weighted by Crippen LogP contribution is 2.12. The SMILES string of the molecule is CCNC(=NCc1ccc(OC)cc1)NCCNS(=O)(=O)c1ccc(C)cc1.I. The summed E-state index contributed by atoms with van der Waals surface area (Å²) in [4.78, 5) is 4.78. The minimum absolute atomic E-state index is 0. The van der Waals surface area contributed by atoms with Crippen LogP contribution in [0, 0.1) is 6.92 Å². The van der Waals surface area contributed by atoms with Gasteiger partial charge in [-0.05, 0) is 43.7 Å². The lowest BCUT2D eigenvalue weighted by atomic mass is 10.2. The Balaban J connectivity index is 0.00000420. The van der Waals surface area contributed by atoms with Gasteiger partial charge in [0.05, 0.1) is 18.6 Å². The van der Waals surface area contributed by atoms with Crippen LogP contribution in [0.4, 0.5) is 0 Å². The summed E-state index contributed by atoms with van der Waals surface area (Å²) in [5.41, 5.74) is 2.07. The highest BCUT2D eigenvalue weighted by molar-refractivity contribution is 14.0. The normalized spacial score (nSPS) is 11.5. The Kier molecular flexibility index (Phi) is 11.0. The third-order valence-corrected chi connectivity index (χ3v) is 5.44. The molecule has 3 N–H and O–H groups in total. The first-order valence-electron chi connectivity index (χ1n) is 9.16.